The SMILES string of the molecule is C[C@@H](O)c1cc(F)ccc1OCc1ccc(Br)cc1F. The highest BCUT2D eigenvalue weighted by molar-refractivity contribution is 9.10. The lowest BCUT2D eigenvalue weighted by molar-refractivity contribution is 0.189. The van der Waals surface area contributed by atoms with E-state index >= 15 is 0 Å². The summed E-state index contributed by atoms with van der Waals surface area (Å²) in [5.74, 6) is -0.508. The third-order valence-electron chi connectivity index (χ3n) is 2.82. The van der Waals surface area contributed by atoms with Crippen LogP contribution < -0.4 is 4.74 Å². The molecule has 0 amide bonds. The molecule has 0 bridgehead atoms. The van der Waals surface area contributed by atoms with Gasteiger partial charge >= 0.3 is 0 Å². The Morgan fingerprint density at radius 2 is 1.95 bits per heavy atom. The lowest BCUT2D eigenvalue weighted by Gasteiger charge is -2.14. The Morgan fingerprint density at radius 1 is 1.20 bits per heavy atom. The molecule has 0 aliphatic carbocycles. The Hall–Kier alpha value is -1.46. The summed E-state index contributed by atoms with van der Waals surface area (Å²) in [5.41, 5.74) is 0.719. The number of aliphatic hydroxyl groups is 1. The van der Waals surface area contributed by atoms with Gasteiger partial charge in [-0.15, -0.1) is 0 Å². The van der Waals surface area contributed by atoms with Crippen LogP contribution in [-0.2, 0) is 6.61 Å². The van der Waals surface area contributed by atoms with E-state index in [0.29, 0.717) is 21.3 Å². The van der Waals surface area contributed by atoms with Gasteiger partial charge < -0.3 is 9.84 Å². The van der Waals surface area contributed by atoms with Crippen LogP contribution in [-0.4, -0.2) is 5.11 Å². The number of ether oxygens (including phenoxy) is 1. The highest BCUT2D eigenvalue weighted by atomic mass is 79.9. The maximum atomic E-state index is 13.7. The molecule has 106 valence electrons. The van der Waals surface area contributed by atoms with Gasteiger partial charge in [0.2, 0.25) is 0 Å². The molecule has 0 heterocycles. The van der Waals surface area contributed by atoms with E-state index < -0.39 is 11.9 Å². The van der Waals surface area contributed by atoms with E-state index in [4.69, 9.17) is 4.74 Å². The van der Waals surface area contributed by atoms with Gasteiger partial charge in [0.1, 0.15) is 24.0 Å². The summed E-state index contributed by atoms with van der Waals surface area (Å²) in [6, 6.07) is 8.52. The van der Waals surface area contributed by atoms with Crippen LogP contribution in [0.2, 0.25) is 0 Å². The second kappa shape index (κ2) is 6.33. The van der Waals surface area contributed by atoms with Crippen molar-refractivity contribution >= 4 is 15.9 Å². The van der Waals surface area contributed by atoms with Gasteiger partial charge in [-0.3, -0.25) is 0 Å². The van der Waals surface area contributed by atoms with Gasteiger partial charge in [0, 0.05) is 15.6 Å². The number of benzene rings is 2. The van der Waals surface area contributed by atoms with E-state index in [1.54, 1.807) is 12.1 Å². The zero-order valence-electron chi connectivity index (χ0n) is 10.7. The van der Waals surface area contributed by atoms with Crippen molar-refractivity contribution in [2.24, 2.45) is 0 Å². The first-order chi connectivity index (χ1) is 9.47. The van der Waals surface area contributed by atoms with Crippen LogP contribution in [0, 0.1) is 11.6 Å². The van der Waals surface area contributed by atoms with Gasteiger partial charge in [0.05, 0.1) is 6.10 Å². The van der Waals surface area contributed by atoms with Gasteiger partial charge in [-0.1, -0.05) is 22.0 Å². The Labute approximate surface area is 124 Å². The summed E-state index contributed by atoms with van der Waals surface area (Å²) < 4.78 is 32.9. The number of aliphatic hydroxyl groups excluding tert-OH is 1. The summed E-state index contributed by atoms with van der Waals surface area (Å²) in [6.45, 7) is 1.52. The summed E-state index contributed by atoms with van der Waals surface area (Å²) >= 11 is 3.18. The van der Waals surface area contributed by atoms with Gasteiger partial charge in [-0.05, 0) is 37.3 Å². The van der Waals surface area contributed by atoms with Gasteiger partial charge in [-0.2, -0.15) is 0 Å². The van der Waals surface area contributed by atoms with Crippen LogP contribution in [0.25, 0.3) is 0 Å². The van der Waals surface area contributed by atoms with Crippen molar-refractivity contribution in [3.63, 3.8) is 0 Å². The molecule has 20 heavy (non-hydrogen) atoms. The van der Waals surface area contributed by atoms with Crippen LogP contribution in [0.4, 0.5) is 8.78 Å². The molecule has 0 aliphatic rings. The maximum Gasteiger partial charge on any atom is 0.130 e. The van der Waals surface area contributed by atoms with Crippen LogP contribution in [0.15, 0.2) is 40.9 Å². The molecule has 0 saturated carbocycles. The Kier molecular flexibility index (Phi) is 4.73. The van der Waals surface area contributed by atoms with Gasteiger partial charge in [-0.25, -0.2) is 8.78 Å². The molecular weight excluding hydrogens is 330 g/mol. The summed E-state index contributed by atoms with van der Waals surface area (Å²) in [6.07, 6.45) is -0.865. The van der Waals surface area contributed by atoms with E-state index in [-0.39, 0.29) is 12.4 Å². The lowest BCUT2D eigenvalue weighted by Crippen LogP contribution is -2.03. The largest absolute Gasteiger partial charge is 0.488 e. The highest BCUT2D eigenvalue weighted by Gasteiger charge is 2.12. The lowest BCUT2D eigenvalue weighted by atomic mass is 10.1. The molecule has 5 heteroatoms. The van der Waals surface area contributed by atoms with Gasteiger partial charge in [0.25, 0.3) is 0 Å². The first-order valence-corrected chi connectivity index (χ1v) is 6.81. The zero-order valence-corrected chi connectivity index (χ0v) is 12.3. The van der Waals surface area contributed by atoms with E-state index in [2.05, 4.69) is 15.9 Å². The average molecular weight is 343 g/mol. The minimum atomic E-state index is -0.865. The Bertz CT molecular complexity index is 615. The second-order valence-corrected chi connectivity index (χ2v) is 5.30. The predicted molar refractivity (Wildman–Crippen MR) is 75.5 cm³/mol. The first-order valence-electron chi connectivity index (χ1n) is 6.01. The smallest absolute Gasteiger partial charge is 0.130 e. The van der Waals surface area contributed by atoms with E-state index in [9.17, 15) is 13.9 Å². The molecule has 0 fully saturated rings. The molecule has 0 aliphatic heterocycles. The molecule has 2 nitrogen and oxygen atoms in total. The normalized spacial score (nSPS) is 12.2. The molecule has 1 atom stereocenters. The molecule has 2 aromatic carbocycles. The number of hydrogen-bond donors (Lipinski definition) is 1. The monoisotopic (exact) mass is 342 g/mol. The molecule has 0 aromatic heterocycles. The van der Waals surface area contributed by atoms with Crippen LogP contribution in [0.3, 0.4) is 0 Å². The minimum Gasteiger partial charge on any atom is -0.488 e. The van der Waals surface area contributed by atoms with Crippen molar-refractivity contribution in [2.75, 3.05) is 0 Å². The Morgan fingerprint density at radius 3 is 2.60 bits per heavy atom. The van der Waals surface area contributed by atoms with E-state index in [1.165, 1.54) is 31.2 Å². The molecule has 0 radical (unpaired) electrons. The molecule has 0 saturated heterocycles. The van der Waals surface area contributed by atoms with E-state index in [1.807, 2.05) is 0 Å². The highest BCUT2D eigenvalue weighted by Crippen LogP contribution is 2.27. The standard InChI is InChI=1S/C15H13BrF2O2/c1-9(19)13-7-12(17)4-5-15(13)20-8-10-2-3-11(16)6-14(10)18/h2-7,9,19H,8H2,1H3/t9-/m1/s1. The fourth-order valence-corrected chi connectivity index (χ4v) is 2.10. The number of rotatable bonds is 4. The predicted octanol–water partition coefficient (Wildman–Crippen LogP) is 4.36. The van der Waals surface area contributed by atoms with E-state index in [0.717, 1.165) is 0 Å². The molecule has 1 N–H and O–H groups in total. The van der Waals surface area contributed by atoms with Crippen molar-refractivity contribution in [3.05, 3.63) is 63.6 Å². The Balaban J connectivity index is 2.18. The van der Waals surface area contributed by atoms with Gasteiger partial charge in [0.15, 0.2) is 0 Å². The second-order valence-electron chi connectivity index (χ2n) is 4.38. The molecule has 0 spiro atoms. The number of hydrogen-bond acceptors (Lipinski definition) is 2. The molecule has 2 aromatic rings. The average Bonchev–Trinajstić information content (AvgIpc) is 2.38. The fraction of sp³-hybridized carbons (Fsp3) is 0.200. The number of halogens is 3. The maximum absolute atomic E-state index is 13.7. The van der Waals surface area contributed by atoms with Crippen molar-refractivity contribution in [3.8, 4) is 5.75 Å². The molecular formula is C15H13BrF2O2. The summed E-state index contributed by atoms with van der Waals surface area (Å²) in [7, 11) is 0. The van der Waals surface area contributed by atoms with Crippen LogP contribution >= 0.6 is 15.9 Å². The molecule has 0 unspecified atom stereocenters. The van der Waals surface area contributed by atoms with Crippen molar-refractivity contribution in [1.82, 2.24) is 0 Å². The summed E-state index contributed by atoms with van der Waals surface area (Å²) in [4.78, 5) is 0. The minimum absolute atomic E-state index is 0.00443. The van der Waals surface area contributed by atoms with Crippen molar-refractivity contribution in [2.45, 2.75) is 19.6 Å². The van der Waals surface area contributed by atoms with Crippen molar-refractivity contribution in [1.29, 1.82) is 0 Å². The summed E-state index contributed by atoms with van der Waals surface area (Å²) in [5, 5.41) is 9.59. The first kappa shape index (κ1) is 14.9. The third-order valence-corrected chi connectivity index (χ3v) is 3.31. The topological polar surface area (TPSA) is 29.5 Å². The molecule has 2 rings (SSSR count). The quantitative estimate of drug-likeness (QED) is 0.894. The third kappa shape index (κ3) is 3.55. The zero-order chi connectivity index (χ0) is 14.7. The van der Waals surface area contributed by atoms with Crippen molar-refractivity contribution < 1.29 is 18.6 Å². The van der Waals surface area contributed by atoms with Crippen LogP contribution in [0.5, 0.6) is 5.75 Å². The van der Waals surface area contributed by atoms with Crippen LogP contribution in [0.1, 0.15) is 24.2 Å². The fourth-order valence-electron chi connectivity index (χ4n) is 1.77.